The molecule has 1 N–H and O–H groups in total. The first kappa shape index (κ1) is 14.7. The van der Waals surface area contributed by atoms with Gasteiger partial charge in [0, 0.05) is 38.6 Å². The zero-order valence-electron chi connectivity index (χ0n) is 13.4. The van der Waals surface area contributed by atoms with Crippen LogP contribution in [0.1, 0.15) is 37.2 Å². The van der Waals surface area contributed by atoms with Gasteiger partial charge < -0.3 is 9.47 Å². The molecule has 1 saturated heterocycles. The van der Waals surface area contributed by atoms with Crippen molar-refractivity contribution in [2.45, 2.75) is 32.2 Å². The minimum atomic E-state index is -0.0469. The van der Waals surface area contributed by atoms with Crippen LogP contribution in [0.5, 0.6) is 0 Å². The summed E-state index contributed by atoms with van der Waals surface area (Å²) >= 11 is 0. The van der Waals surface area contributed by atoms with E-state index in [9.17, 15) is 4.79 Å². The first-order valence-corrected chi connectivity index (χ1v) is 7.82. The van der Waals surface area contributed by atoms with Crippen molar-refractivity contribution in [3.05, 3.63) is 35.8 Å². The summed E-state index contributed by atoms with van der Waals surface area (Å²) in [7, 11) is 3.88. The maximum atomic E-state index is 12.6. The molecule has 0 bridgehead atoms. The molecule has 6 nitrogen and oxygen atoms in total. The second-order valence-electron chi connectivity index (χ2n) is 5.82. The number of aromatic nitrogens is 3. The summed E-state index contributed by atoms with van der Waals surface area (Å²) in [6, 6.07) is 6.16. The zero-order chi connectivity index (χ0) is 15.7. The molecule has 22 heavy (non-hydrogen) atoms. The van der Waals surface area contributed by atoms with Crippen LogP contribution >= 0.6 is 0 Å². The van der Waals surface area contributed by atoms with E-state index in [0.29, 0.717) is 0 Å². The van der Waals surface area contributed by atoms with Gasteiger partial charge in [0.15, 0.2) is 0 Å². The third-order valence-electron chi connectivity index (χ3n) is 4.37. The minimum absolute atomic E-state index is 0.0469. The summed E-state index contributed by atoms with van der Waals surface area (Å²) in [6.07, 6.45) is 4.93. The third-order valence-corrected chi connectivity index (χ3v) is 4.37. The molecule has 0 spiro atoms. The van der Waals surface area contributed by atoms with Crippen LogP contribution in [0, 0.1) is 0 Å². The number of urea groups is 1. The van der Waals surface area contributed by atoms with Gasteiger partial charge in [-0.15, -0.1) is 0 Å². The first-order valence-electron chi connectivity index (χ1n) is 7.82. The number of carbonyl (C=O) groups excluding carboxylic acids is 1. The lowest BCUT2D eigenvalue weighted by atomic mass is 10.1. The molecule has 1 aliphatic rings. The van der Waals surface area contributed by atoms with E-state index in [2.05, 4.69) is 28.0 Å². The molecular weight excluding hydrogens is 278 g/mol. The van der Waals surface area contributed by atoms with Crippen molar-refractivity contribution in [3.8, 4) is 0 Å². The van der Waals surface area contributed by atoms with Gasteiger partial charge in [-0.05, 0) is 31.4 Å². The highest BCUT2D eigenvalue weighted by Gasteiger charge is 2.31. The second kappa shape index (κ2) is 5.87. The Balaban J connectivity index is 1.76. The van der Waals surface area contributed by atoms with E-state index in [0.717, 1.165) is 37.3 Å². The molecule has 3 heterocycles. The molecule has 0 aromatic carbocycles. The van der Waals surface area contributed by atoms with Crippen LogP contribution in [0.2, 0.25) is 0 Å². The van der Waals surface area contributed by atoms with E-state index in [1.165, 1.54) is 5.69 Å². The van der Waals surface area contributed by atoms with E-state index in [1.54, 1.807) is 4.68 Å². The maximum Gasteiger partial charge on any atom is 0.323 e. The van der Waals surface area contributed by atoms with Crippen LogP contribution < -0.4 is 5.32 Å². The number of carbonyl (C=O) groups is 1. The number of aryl methyl sites for hydroxylation is 3. The smallest absolute Gasteiger partial charge is 0.323 e. The standard InChI is InChI=1S/C16H23N5O/c1-4-12-11-15(20(3)18-12)17-16(22)21-10-6-8-14(21)13-7-5-9-19(13)2/h5,7,9,11,14H,4,6,8,10H2,1-3H3,(H,17,22). The van der Waals surface area contributed by atoms with Crippen LogP contribution in [-0.2, 0) is 20.5 Å². The summed E-state index contributed by atoms with van der Waals surface area (Å²) in [6.45, 7) is 2.85. The summed E-state index contributed by atoms with van der Waals surface area (Å²) in [4.78, 5) is 14.6. The molecule has 1 aliphatic heterocycles. The Labute approximate surface area is 130 Å². The van der Waals surface area contributed by atoms with Crippen LogP contribution in [0.3, 0.4) is 0 Å². The molecule has 2 amide bonds. The highest BCUT2D eigenvalue weighted by Crippen LogP contribution is 2.32. The monoisotopic (exact) mass is 301 g/mol. The van der Waals surface area contributed by atoms with Crippen molar-refractivity contribution in [1.82, 2.24) is 19.2 Å². The number of hydrogen-bond donors (Lipinski definition) is 1. The molecule has 0 saturated carbocycles. The topological polar surface area (TPSA) is 55.1 Å². The van der Waals surface area contributed by atoms with Crippen molar-refractivity contribution in [2.75, 3.05) is 11.9 Å². The average molecular weight is 301 g/mol. The Bertz CT molecular complexity index is 672. The maximum absolute atomic E-state index is 12.6. The molecule has 2 aromatic rings. The average Bonchev–Trinajstić information content (AvgIpc) is 3.19. The second-order valence-corrected chi connectivity index (χ2v) is 5.82. The number of likely N-dealkylation sites (tertiary alicyclic amines) is 1. The normalized spacial score (nSPS) is 18.0. The molecule has 6 heteroatoms. The van der Waals surface area contributed by atoms with Crippen LogP contribution in [-0.4, -0.2) is 31.8 Å². The SMILES string of the molecule is CCc1cc(NC(=O)N2CCCC2c2cccn2C)n(C)n1. The molecule has 1 unspecified atom stereocenters. The molecule has 0 radical (unpaired) electrons. The molecule has 1 atom stereocenters. The predicted molar refractivity (Wildman–Crippen MR) is 85.7 cm³/mol. The molecular formula is C16H23N5O. The number of nitrogens with one attached hydrogen (secondary N) is 1. The van der Waals surface area contributed by atoms with Gasteiger partial charge >= 0.3 is 6.03 Å². The fourth-order valence-electron chi connectivity index (χ4n) is 3.14. The van der Waals surface area contributed by atoms with Gasteiger partial charge in [-0.25, -0.2) is 4.79 Å². The Hall–Kier alpha value is -2.24. The van der Waals surface area contributed by atoms with Crippen molar-refractivity contribution in [1.29, 1.82) is 0 Å². The zero-order valence-corrected chi connectivity index (χ0v) is 13.4. The van der Waals surface area contributed by atoms with Gasteiger partial charge in [0.2, 0.25) is 0 Å². The molecule has 3 rings (SSSR count). The highest BCUT2D eigenvalue weighted by molar-refractivity contribution is 5.89. The predicted octanol–water partition coefficient (Wildman–Crippen LogP) is 2.69. The van der Waals surface area contributed by atoms with Gasteiger partial charge in [0.05, 0.1) is 11.7 Å². The third kappa shape index (κ3) is 2.61. The van der Waals surface area contributed by atoms with Crippen molar-refractivity contribution >= 4 is 11.8 Å². The fourth-order valence-corrected chi connectivity index (χ4v) is 3.14. The Morgan fingerprint density at radius 2 is 2.27 bits per heavy atom. The fraction of sp³-hybridized carbons (Fsp3) is 0.500. The number of nitrogens with zero attached hydrogens (tertiary/aromatic N) is 4. The van der Waals surface area contributed by atoms with Crippen molar-refractivity contribution in [3.63, 3.8) is 0 Å². The number of anilines is 1. The van der Waals surface area contributed by atoms with Gasteiger partial charge in [0.25, 0.3) is 0 Å². The lowest BCUT2D eigenvalue weighted by Crippen LogP contribution is -2.35. The van der Waals surface area contributed by atoms with Gasteiger partial charge in [-0.3, -0.25) is 10.00 Å². The number of amides is 2. The van der Waals surface area contributed by atoms with Gasteiger partial charge in [-0.1, -0.05) is 6.92 Å². The lowest BCUT2D eigenvalue weighted by molar-refractivity contribution is 0.205. The Kier molecular flexibility index (Phi) is 3.92. The summed E-state index contributed by atoms with van der Waals surface area (Å²) in [5.74, 6) is 0.749. The van der Waals surface area contributed by atoms with Crippen LogP contribution in [0.15, 0.2) is 24.4 Å². The first-order chi connectivity index (χ1) is 10.6. The van der Waals surface area contributed by atoms with Crippen molar-refractivity contribution in [2.24, 2.45) is 14.1 Å². The minimum Gasteiger partial charge on any atom is -0.353 e. The number of hydrogen-bond acceptors (Lipinski definition) is 2. The largest absolute Gasteiger partial charge is 0.353 e. The van der Waals surface area contributed by atoms with Crippen LogP contribution in [0.4, 0.5) is 10.6 Å². The molecule has 2 aromatic heterocycles. The van der Waals surface area contributed by atoms with Gasteiger partial charge in [0.1, 0.15) is 5.82 Å². The van der Waals surface area contributed by atoms with E-state index in [-0.39, 0.29) is 12.1 Å². The van der Waals surface area contributed by atoms with E-state index in [1.807, 2.05) is 37.3 Å². The van der Waals surface area contributed by atoms with Gasteiger partial charge in [-0.2, -0.15) is 5.10 Å². The Morgan fingerprint density at radius 3 is 2.91 bits per heavy atom. The molecule has 1 fully saturated rings. The summed E-state index contributed by atoms with van der Waals surface area (Å²) < 4.78 is 3.82. The van der Waals surface area contributed by atoms with E-state index in [4.69, 9.17) is 0 Å². The van der Waals surface area contributed by atoms with Crippen molar-refractivity contribution < 1.29 is 4.79 Å². The summed E-state index contributed by atoms with van der Waals surface area (Å²) in [5, 5.41) is 7.37. The number of rotatable bonds is 3. The highest BCUT2D eigenvalue weighted by atomic mass is 16.2. The summed E-state index contributed by atoms with van der Waals surface area (Å²) in [5.41, 5.74) is 2.17. The Morgan fingerprint density at radius 1 is 1.45 bits per heavy atom. The van der Waals surface area contributed by atoms with E-state index < -0.39 is 0 Å². The van der Waals surface area contributed by atoms with Crippen LogP contribution in [0.25, 0.3) is 0 Å². The van der Waals surface area contributed by atoms with E-state index >= 15 is 0 Å². The molecule has 0 aliphatic carbocycles. The molecule has 118 valence electrons. The lowest BCUT2D eigenvalue weighted by Gasteiger charge is -2.25. The quantitative estimate of drug-likeness (QED) is 0.947.